The molecule has 0 saturated carbocycles. The van der Waals surface area contributed by atoms with Crippen molar-refractivity contribution >= 4 is 26.5 Å². The highest BCUT2D eigenvalue weighted by Crippen LogP contribution is 2.34. The Balaban J connectivity index is 1.54. The highest BCUT2D eigenvalue weighted by Gasteiger charge is 2.32. The van der Waals surface area contributed by atoms with E-state index in [9.17, 15) is 8.42 Å². The SMILES string of the molecule is Cc1cc(C)c(-c2csc(N3CCN(S(=O)(=O)c4c(C)c(C)cc(C)c4C)CC3)n2)c(C)c1. The van der Waals surface area contributed by atoms with Gasteiger partial charge in [-0.3, -0.25) is 0 Å². The van der Waals surface area contributed by atoms with Crippen LogP contribution in [0.4, 0.5) is 5.13 Å². The molecule has 0 radical (unpaired) electrons. The fourth-order valence-electron chi connectivity index (χ4n) is 4.92. The van der Waals surface area contributed by atoms with Crippen molar-refractivity contribution in [3.63, 3.8) is 0 Å². The molecule has 0 N–H and O–H groups in total. The zero-order chi connectivity index (χ0) is 24.1. The third-order valence-electron chi connectivity index (χ3n) is 6.83. The maximum atomic E-state index is 13.6. The van der Waals surface area contributed by atoms with Crippen LogP contribution >= 0.6 is 11.3 Å². The molecule has 1 aliphatic rings. The summed E-state index contributed by atoms with van der Waals surface area (Å²) in [5.74, 6) is 0. The number of sulfonamides is 1. The minimum Gasteiger partial charge on any atom is -0.345 e. The van der Waals surface area contributed by atoms with Crippen LogP contribution in [-0.4, -0.2) is 43.9 Å². The summed E-state index contributed by atoms with van der Waals surface area (Å²) >= 11 is 1.63. The topological polar surface area (TPSA) is 53.5 Å². The Labute approximate surface area is 202 Å². The molecule has 0 spiro atoms. The van der Waals surface area contributed by atoms with Crippen molar-refractivity contribution < 1.29 is 8.42 Å². The van der Waals surface area contributed by atoms with Crippen LogP contribution in [0.1, 0.15) is 38.9 Å². The van der Waals surface area contributed by atoms with Gasteiger partial charge in [0.15, 0.2) is 5.13 Å². The van der Waals surface area contributed by atoms with Crippen LogP contribution in [0.25, 0.3) is 11.3 Å². The van der Waals surface area contributed by atoms with Crippen LogP contribution in [0, 0.1) is 48.5 Å². The van der Waals surface area contributed by atoms with Crippen molar-refractivity contribution in [2.24, 2.45) is 0 Å². The van der Waals surface area contributed by atoms with Crippen molar-refractivity contribution in [2.45, 2.75) is 53.4 Å². The fraction of sp³-hybridized carbons (Fsp3) is 0.423. The molecule has 2 aromatic carbocycles. The number of aromatic nitrogens is 1. The molecule has 1 saturated heterocycles. The van der Waals surface area contributed by atoms with Gasteiger partial charge in [-0.05, 0) is 81.8 Å². The number of rotatable bonds is 4. The van der Waals surface area contributed by atoms with Crippen molar-refractivity contribution in [1.29, 1.82) is 0 Å². The van der Waals surface area contributed by atoms with E-state index < -0.39 is 10.0 Å². The fourth-order valence-corrected chi connectivity index (χ4v) is 7.79. The summed E-state index contributed by atoms with van der Waals surface area (Å²) in [6.45, 7) is 16.4. The average molecular weight is 484 g/mol. The van der Waals surface area contributed by atoms with E-state index in [0.717, 1.165) is 33.1 Å². The van der Waals surface area contributed by atoms with Crippen molar-refractivity contribution in [3.8, 4) is 11.3 Å². The molecule has 7 heteroatoms. The first-order chi connectivity index (χ1) is 15.5. The van der Waals surface area contributed by atoms with E-state index in [1.165, 1.54) is 22.3 Å². The number of hydrogen-bond donors (Lipinski definition) is 0. The Morgan fingerprint density at radius 1 is 0.788 bits per heavy atom. The predicted molar refractivity (Wildman–Crippen MR) is 138 cm³/mol. The second-order valence-electron chi connectivity index (χ2n) is 9.27. The third-order valence-corrected chi connectivity index (χ3v) is 9.90. The van der Waals surface area contributed by atoms with Gasteiger partial charge in [0.1, 0.15) is 0 Å². The third kappa shape index (κ3) is 4.34. The number of nitrogens with zero attached hydrogens (tertiary/aromatic N) is 3. The predicted octanol–water partition coefficient (Wildman–Crippen LogP) is 5.48. The van der Waals surface area contributed by atoms with Gasteiger partial charge in [-0.15, -0.1) is 11.3 Å². The summed E-state index contributed by atoms with van der Waals surface area (Å²) in [4.78, 5) is 7.62. The first kappa shape index (κ1) is 23.9. The van der Waals surface area contributed by atoms with Gasteiger partial charge in [0.2, 0.25) is 10.0 Å². The normalized spacial score (nSPS) is 15.3. The molecule has 0 aliphatic carbocycles. The molecule has 2 heterocycles. The average Bonchev–Trinajstić information content (AvgIpc) is 3.21. The van der Waals surface area contributed by atoms with Gasteiger partial charge in [-0.25, -0.2) is 13.4 Å². The number of benzene rings is 2. The lowest BCUT2D eigenvalue weighted by atomic mass is 9.98. The van der Waals surface area contributed by atoms with E-state index in [-0.39, 0.29) is 0 Å². The van der Waals surface area contributed by atoms with Crippen molar-refractivity contribution in [1.82, 2.24) is 9.29 Å². The molecule has 0 atom stereocenters. The lowest BCUT2D eigenvalue weighted by Crippen LogP contribution is -2.49. The van der Waals surface area contributed by atoms with E-state index in [0.29, 0.717) is 31.1 Å². The molecule has 1 aromatic heterocycles. The summed E-state index contributed by atoms with van der Waals surface area (Å²) in [6, 6.07) is 6.46. The van der Waals surface area contributed by atoms with Gasteiger partial charge < -0.3 is 4.90 Å². The molecule has 0 amide bonds. The second-order valence-corrected chi connectivity index (χ2v) is 12.0. The molecule has 33 heavy (non-hydrogen) atoms. The monoisotopic (exact) mass is 483 g/mol. The van der Waals surface area contributed by atoms with Gasteiger partial charge >= 0.3 is 0 Å². The number of aryl methyl sites for hydroxylation is 5. The first-order valence-electron chi connectivity index (χ1n) is 11.4. The number of thiazole rings is 1. The molecule has 176 valence electrons. The molecule has 4 rings (SSSR count). The van der Waals surface area contributed by atoms with Gasteiger partial charge in [-0.2, -0.15) is 4.31 Å². The summed E-state index contributed by atoms with van der Waals surface area (Å²) in [5, 5.41) is 3.07. The number of piperazine rings is 1. The zero-order valence-electron chi connectivity index (χ0n) is 20.6. The van der Waals surface area contributed by atoms with E-state index in [1.807, 2.05) is 27.7 Å². The molecular formula is C26H33N3O2S2. The van der Waals surface area contributed by atoms with E-state index in [1.54, 1.807) is 15.6 Å². The lowest BCUT2D eigenvalue weighted by molar-refractivity contribution is 0.384. The lowest BCUT2D eigenvalue weighted by Gasteiger charge is -2.34. The van der Waals surface area contributed by atoms with Gasteiger partial charge in [-0.1, -0.05) is 23.8 Å². The van der Waals surface area contributed by atoms with E-state index in [4.69, 9.17) is 4.98 Å². The van der Waals surface area contributed by atoms with Gasteiger partial charge in [0.25, 0.3) is 0 Å². The Morgan fingerprint density at radius 2 is 1.33 bits per heavy atom. The van der Waals surface area contributed by atoms with Crippen LogP contribution in [-0.2, 0) is 10.0 Å². The van der Waals surface area contributed by atoms with Crippen LogP contribution in [0.2, 0.25) is 0 Å². The summed E-state index contributed by atoms with van der Waals surface area (Å²) in [5.41, 5.74) is 9.68. The Hall–Kier alpha value is -2.22. The van der Waals surface area contributed by atoms with Gasteiger partial charge in [0.05, 0.1) is 10.6 Å². The number of hydrogen-bond acceptors (Lipinski definition) is 5. The molecule has 3 aromatic rings. The van der Waals surface area contributed by atoms with Gasteiger partial charge in [0, 0.05) is 37.1 Å². The highest BCUT2D eigenvalue weighted by atomic mass is 32.2. The molecule has 0 unspecified atom stereocenters. The Kier molecular flexibility index (Phi) is 6.42. The zero-order valence-corrected chi connectivity index (χ0v) is 22.2. The number of anilines is 1. The Bertz CT molecular complexity index is 1270. The Morgan fingerprint density at radius 3 is 1.88 bits per heavy atom. The maximum Gasteiger partial charge on any atom is 0.243 e. The molecule has 5 nitrogen and oxygen atoms in total. The standard InChI is InChI=1S/C26H33N3O2S2/c1-16-12-19(4)24(20(5)13-16)23-15-32-26(27-23)28-8-10-29(11-9-28)33(30,31)25-21(6)17(2)14-18(3)22(25)7/h12-15H,8-11H2,1-7H3. The molecular weight excluding hydrogens is 450 g/mol. The largest absolute Gasteiger partial charge is 0.345 e. The van der Waals surface area contributed by atoms with Crippen LogP contribution in [0.15, 0.2) is 28.5 Å². The molecule has 0 bridgehead atoms. The minimum atomic E-state index is -3.54. The van der Waals surface area contributed by atoms with Crippen molar-refractivity contribution in [3.05, 3.63) is 62.5 Å². The van der Waals surface area contributed by atoms with Crippen LogP contribution < -0.4 is 4.90 Å². The van der Waals surface area contributed by atoms with Crippen LogP contribution in [0.3, 0.4) is 0 Å². The second kappa shape index (κ2) is 8.85. The molecule has 1 aliphatic heterocycles. The summed E-state index contributed by atoms with van der Waals surface area (Å²) < 4.78 is 28.8. The first-order valence-corrected chi connectivity index (χ1v) is 13.7. The highest BCUT2D eigenvalue weighted by molar-refractivity contribution is 7.89. The minimum absolute atomic E-state index is 0.464. The summed E-state index contributed by atoms with van der Waals surface area (Å²) in [6.07, 6.45) is 0. The quantitative estimate of drug-likeness (QED) is 0.493. The molecule has 1 fully saturated rings. The van der Waals surface area contributed by atoms with Crippen molar-refractivity contribution in [2.75, 3.05) is 31.1 Å². The van der Waals surface area contributed by atoms with E-state index in [2.05, 4.69) is 49.3 Å². The maximum absolute atomic E-state index is 13.6. The van der Waals surface area contributed by atoms with Crippen LogP contribution in [0.5, 0.6) is 0 Å². The summed E-state index contributed by atoms with van der Waals surface area (Å²) in [7, 11) is -3.54. The van der Waals surface area contributed by atoms with E-state index >= 15 is 0 Å². The smallest absolute Gasteiger partial charge is 0.243 e.